The minimum absolute atomic E-state index is 0.351. The van der Waals surface area contributed by atoms with Crippen LogP contribution in [0, 0.1) is 0 Å². The molecule has 0 spiro atoms. The van der Waals surface area contributed by atoms with E-state index in [0.717, 1.165) is 0 Å². The lowest BCUT2D eigenvalue weighted by Crippen LogP contribution is -1.98. The normalized spacial score (nSPS) is 16.3. The topological polar surface area (TPSA) is 17.1 Å². The number of hydrogen-bond acceptors (Lipinski definition) is 1. The van der Waals surface area contributed by atoms with E-state index in [4.69, 9.17) is 18.5 Å². The summed E-state index contributed by atoms with van der Waals surface area (Å²) in [7, 11) is 0. The van der Waals surface area contributed by atoms with Gasteiger partial charge in [0.25, 0.3) is 0 Å². The van der Waals surface area contributed by atoms with Crippen molar-refractivity contribution in [3.05, 3.63) is 35.8 Å². The molecular weight excluding hydrogens is 148 g/mol. The van der Waals surface area contributed by atoms with Gasteiger partial charge < -0.3 is 0 Å². The number of rotatable bonds is 2. The van der Waals surface area contributed by atoms with E-state index in [9.17, 15) is 4.79 Å². The van der Waals surface area contributed by atoms with Crippen LogP contribution < -0.4 is 0 Å². The SMILES string of the molecule is [2H]c1c([2H])c([2H])c(C(=O)CCl)c([2H])c1[2H]. The molecule has 1 rings (SSSR count). The molecule has 0 aromatic heterocycles. The molecule has 0 aliphatic rings. The number of halogens is 1. The van der Waals surface area contributed by atoms with Gasteiger partial charge in [0.15, 0.2) is 5.78 Å². The van der Waals surface area contributed by atoms with Crippen molar-refractivity contribution in [3.63, 3.8) is 0 Å². The third-order valence-electron chi connectivity index (χ3n) is 0.900. The van der Waals surface area contributed by atoms with Crippen LogP contribution in [0.2, 0.25) is 0 Å². The molecule has 0 N–H and O–H groups in total. The molecule has 0 unspecified atom stereocenters. The highest BCUT2D eigenvalue weighted by molar-refractivity contribution is 6.30. The zero-order valence-electron chi connectivity index (χ0n) is 9.99. The molecule has 0 fully saturated rings. The van der Waals surface area contributed by atoms with Gasteiger partial charge in [-0.25, -0.2) is 0 Å². The highest BCUT2D eigenvalue weighted by Crippen LogP contribution is 2.00. The molecule has 0 bridgehead atoms. The third-order valence-corrected chi connectivity index (χ3v) is 1.14. The summed E-state index contributed by atoms with van der Waals surface area (Å²) in [6.45, 7) is 0. The fourth-order valence-electron chi connectivity index (χ4n) is 0.456. The predicted molar refractivity (Wildman–Crippen MR) is 41.5 cm³/mol. The molecule has 0 radical (unpaired) electrons. The predicted octanol–water partition coefficient (Wildman–Crippen LogP) is 2.11. The number of hydrogen-bond donors (Lipinski definition) is 0. The van der Waals surface area contributed by atoms with E-state index in [1.54, 1.807) is 0 Å². The van der Waals surface area contributed by atoms with Crippen molar-refractivity contribution < 1.29 is 11.6 Å². The summed E-state index contributed by atoms with van der Waals surface area (Å²) in [5.74, 6) is -1.08. The van der Waals surface area contributed by atoms with Gasteiger partial charge in [0.1, 0.15) is 0 Å². The number of ketones is 1. The van der Waals surface area contributed by atoms with Crippen molar-refractivity contribution in [1.29, 1.82) is 0 Å². The second-order valence-electron chi connectivity index (χ2n) is 1.56. The molecular formula is C8H7ClO. The van der Waals surface area contributed by atoms with Crippen LogP contribution in [0.1, 0.15) is 17.2 Å². The summed E-state index contributed by atoms with van der Waals surface area (Å²) in [5.41, 5.74) is -0.351. The van der Waals surface area contributed by atoms with E-state index >= 15 is 0 Å². The van der Waals surface area contributed by atoms with Crippen LogP contribution in [-0.4, -0.2) is 11.7 Å². The van der Waals surface area contributed by atoms with Crippen molar-refractivity contribution in [3.8, 4) is 0 Å². The first-order chi connectivity index (χ1) is 6.91. The quantitative estimate of drug-likeness (QED) is 0.477. The zero-order valence-corrected chi connectivity index (χ0v) is 5.75. The van der Waals surface area contributed by atoms with Crippen LogP contribution in [-0.2, 0) is 0 Å². The van der Waals surface area contributed by atoms with Crippen LogP contribution in [0.5, 0.6) is 0 Å². The first kappa shape index (κ1) is 3.05. The van der Waals surface area contributed by atoms with E-state index in [1.807, 2.05) is 0 Å². The summed E-state index contributed by atoms with van der Waals surface area (Å²) >= 11 is 5.29. The van der Waals surface area contributed by atoms with Gasteiger partial charge in [-0.2, -0.15) is 0 Å². The molecule has 0 amide bonds. The Morgan fingerprint density at radius 2 is 2.10 bits per heavy atom. The molecule has 0 aliphatic carbocycles. The third kappa shape index (κ3) is 1.58. The molecule has 1 aromatic rings. The molecule has 0 aliphatic heterocycles. The summed E-state index contributed by atoms with van der Waals surface area (Å²) in [4.78, 5) is 11.3. The molecule has 52 valence electrons. The summed E-state index contributed by atoms with van der Waals surface area (Å²) < 4.78 is 36.7. The Kier molecular flexibility index (Phi) is 1.03. The van der Waals surface area contributed by atoms with Gasteiger partial charge >= 0.3 is 0 Å². The molecule has 0 saturated heterocycles. The van der Waals surface area contributed by atoms with Gasteiger partial charge in [-0.3, -0.25) is 4.79 Å². The van der Waals surface area contributed by atoms with Gasteiger partial charge in [-0.1, -0.05) is 30.2 Å². The van der Waals surface area contributed by atoms with Crippen molar-refractivity contribution in [1.82, 2.24) is 0 Å². The first-order valence-corrected chi connectivity index (χ1v) is 3.11. The van der Waals surface area contributed by atoms with E-state index in [0.29, 0.717) is 0 Å². The lowest BCUT2D eigenvalue weighted by atomic mass is 10.2. The molecule has 0 atom stereocenters. The fraction of sp³-hybridized carbons (Fsp3) is 0.125. The molecule has 10 heavy (non-hydrogen) atoms. The van der Waals surface area contributed by atoms with Crippen LogP contribution in [0.4, 0.5) is 0 Å². The number of carbonyl (C=O) groups excluding carboxylic acids is 1. The highest BCUT2D eigenvalue weighted by Gasteiger charge is 1.99. The molecule has 2 heteroatoms. The van der Waals surface area contributed by atoms with Gasteiger partial charge in [-0.15, -0.1) is 11.6 Å². The molecule has 1 aromatic carbocycles. The Balaban J connectivity index is 3.60. The lowest BCUT2D eigenvalue weighted by molar-refractivity contribution is 0.102. The van der Waals surface area contributed by atoms with Crippen molar-refractivity contribution in [2.45, 2.75) is 0 Å². The average Bonchev–Trinajstić information content (AvgIpc) is 2.23. The van der Waals surface area contributed by atoms with Crippen LogP contribution in [0.25, 0.3) is 0 Å². The van der Waals surface area contributed by atoms with E-state index in [2.05, 4.69) is 0 Å². The Hall–Kier alpha value is -0.820. The van der Waals surface area contributed by atoms with E-state index < -0.39 is 41.9 Å². The number of benzene rings is 1. The minimum Gasteiger partial charge on any atom is -0.293 e. The summed E-state index contributed by atoms with van der Waals surface area (Å²) in [6, 6.07) is -2.58. The largest absolute Gasteiger partial charge is 0.293 e. The van der Waals surface area contributed by atoms with Crippen molar-refractivity contribution in [2.24, 2.45) is 0 Å². The fourth-order valence-corrected chi connectivity index (χ4v) is 0.590. The van der Waals surface area contributed by atoms with Crippen LogP contribution in [0.15, 0.2) is 30.2 Å². The molecule has 1 nitrogen and oxygen atoms in total. The first-order valence-electron chi connectivity index (χ1n) is 5.07. The standard InChI is InChI=1S/C8H7ClO/c9-6-8(10)7-4-2-1-3-5-7/h1-5H,6H2/i1D,2D,3D,4D,5D. The molecule has 0 heterocycles. The summed E-state index contributed by atoms with van der Waals surface area (Å²) in [6.07, 6.45) is 0. The number of Topliss-reactive ketones (excluding diaryl/α,β-unsaturated/α-hetero) is 1. The number of alkyl halides is 1. The van der Waals surface area contributed by atoms with Crippen LogP contribution >= 0.6 is 11.6 Å². The van der Waals surface area contributed by atoms with Gasteiger partial charge in [0, 0.05) is 5.56 Å². The minimum atomic E-state index is -0.673. The Morgan fingerprint density at radius 3 is 2.60 bits per heavy atom. The maximum atomic E-state index is 11.3. The van der Waals surface area contributed by atoms with Gasteiger partial charge in [-0.05, 0) is 0 Å². The van der Waals surface area contributed by atoms with Gasteiger partial charge in [0.05, 0.1) is 12.7 Å². The summed E-state index contributed by atoms with van der Waals surface area (Å²) in [5, 5.41) is 0. The average molecular weight is 160 g/mol. The second-order valence-corrected chi connectivity index (χ2v) is 1.82. The van der Waals surface area contributed by atoms with Crippen LogP contribution in [0.3, 0.4) is 0 Å². The maximum Gasteiger partial charge on any atom is 0.177 e. The van der Waals surface area contributed by atoms with Crippen molar-refractivity contribution in [2.75, 3.05) is 5.88 Å². The smallest absolute Gasteiger partial charge is 0.177 e. The Bertz CT molecular complexity index is 403. The van der Waals surface area contributed by atoms with E-state index in [-0.39, 0.29) is 5.56 Å². The molecule has 0 saturated carbocycles. The highest BCUT2D eigenvalue weighted by atomic mass is 35.5. The van der Waals surface area contributed by atoms with Gasteiger partial charge in [0.2, 0.25) is 0 Å². The van der Waals surface area contributed by atoms with Crippen molar-refractivity contribution >= 4 is 17.4 Å². The maximum absolute atomic E-state index is 11.3. The lowest BCUT2D eigenvalue weighted by Gasteiger charge is -1.92. The Labute approximate surface area is 71.7 Å². The second kappa shape index (κ2) is 3.37. The zero-order chi connectivity index (χ0) is 11.7. The van der Waals surface area contributed by atoms with E-state index in [1.165, 1.54) is 0 Å². The Morgan fingerprint density at radius 1 is 1.50 bits per heavy atom. The monoisotopic (exact) mass is 159 g/mol. The number of carbonyl (C=O) groups is 1.